The Kier molecular flexibility index (Phi) is 3.70. The van der Waals surface area contributed by atoms with Gasteiger partial charge in [0.05, 0.1) is 7.11 Å². The van der Waals surface area contributed by atoms with Gasteiger partial charge in [0, 0.05) is 18.0 Å². The molecule has 0 saturated heterocycles. The molecule has 1 aliphatic rings. The Bertz CT molecular complexity index is 696. The van der Waals surface area contributed by atoms with Crippen LogP contribution in [-0.4, -0.2) is 35.4 Å². The summed E-state index contributed by atoms with van der Waals surface area (Å²) in [5, 5.41) is 2.05. The number of rotatable bonds is 2. The van der Waals surface area contributed by atoms with Crippen LogP contribution in [0, 0.1) is 0 Å². The second-order valence-corrected chi connectivity index (χ2v) is 5.75. The van der Waals surface area contributed by atoms with Gasteiger partial charge in [-0.05, 0) is 35.6 Å². The lowest BCUT2D eigenvalue weighted by molar-refractivity contribution is 0.0593. The summed E-state index contributed by atoms with van der Waals surface area (Å²) >= 11 is 1.73. The van der Waals surface area contributed by atoms with Crippen LogP contribution in [0.4, 0.5) is 0 Å². The van der Waals surface area contributed by atoms with Gasteiger partial charge in [0.15, 0.2) is 0 Å². The summed E-state index contributed by atoms with van der Waals surface area (Å²) in [6.07, 6.45) is 0.870. The molecule has 0 saturated carbocycles. The third kappa shape index (κ3) is 2.67. The highest BCUT2D eigenvalue weighted by atomic mass is 32.1. The molecule has 0 fully saturated rings. The highest BCUT2D eigenvalue weighted by Gasteiger charge is 2.23. The van der Waals surface area contributed by atoms with Crippen molar-refractivity contribution in [2.24, 2.45) is 0 Å². The number of carbonyl (C=O) groups is 2. The van der Waals surface area contributed by atoms with E-state index in [2.05, 4.69) is 21.2 Å². The van der Waals surface area contributed by atoms with E-state index in [0.29, 0.717) is 13.1 Å². The average Bonchev–Trinajstić information content (AvgIpc) is 3.01. The van der Waals surface area contributed by atoms with E-state index < -0.39 is 5.97 Å². The molecule has 108 valence electrons. The van der Waals surface area contributed by atoms with E-state index in [0.717, 1.165) is 6.42 Å². The maximum atomic E-state index is 12.5. The van der Waals surface area contributed by atoms with Crippen LogP contribution >= 0.6 is 11.3 Å². The smallest absolute Gasteiger partial charge is 0.356 e. The van der Waals surface area contributed by atoms with Crippen molar-refractivity contribution >= 4 is 23.2 Å². The number of nitrogens with zero attached hydrogens (tertiary/aromatic N) is 2. The number of pyridine rings is 1. The van der Waals surface area contributed by atoms with E-state index in [4.69, 9.17) is 0 Å². The largest absolute Gasteiger partial charge is 0.464 e. The zero-order chi connectivity index (χ0) is 14.8. The van der Waals surface area contributed by atoms with Crippen LogP contribution in [0.15, 0.2) is 29.6 Å². The van der Waals surface area contributed by atoms with E-state index in [-0.39, 0.29) is 17.3 Å². The van der Waals surface area contributed by atoms with Gasteiger partial charge < -0.3 is 9.64 Å². The summed E-state index contributed by atoms with van der Waals surface area (Å²) in [6.45, 7) is 1.28. The van der Waals surface area contributed by atoms with Crippen molar-refractivity contribution in [2.75, 3.05) is 13.7 Å². The SMILES string of the molecule is COC(=O)c1cccc(C(=O)N2CCc3sccc3C2)n1. The molecule has 3 rings (SSSR count). The van der Waals surface area contributed by atoms with Gasteiger partial charge in [-0.25, -0.2) is 9.78 Å². The zero-order valence-corrected chi connectivity index (χ0v) is 12.4. The predicted molar refractivity (Wildman–Crippen MR) is 78.3 cm³/mol. The second-order valence-electron chi connectivity index (χ2n) is 4.75. The highest BCUT2D eigenvalue weighted by Crippen LogP contribution is 2.24. The number of fused-ring (bicyclic) bond motifs is 1. The average molecular weight is 302 g/mol. The third-order valence-electron chi connectivity index (χ3n) is 3.46. The van der Waals surface area contributed by atoms with Gasteiger partial charge in [0.1, 0.15) is 11.4 Å². The van der Waals surface area contributed by atoms with E-state index >= 15 is 0 Å². The van der Waals surface area contributed by atoms with E-state index in [9.17, 15) is 9.59 Å². The van der Waals surface area contributed by atoms with Crippen molar-refractivity contribution in [2.45, 2.75) is 13.0 Å². The summed E-state index contributed by atoms with van der Waals surface area (Å²) in [4.78, 5) is 31.2. The number of ether oxygens (including phenoxy) is 1. The first-order valence-electron chi connectivity index (χ1n) is 6.59. The van der Waals surface area contributed by atoms with Crippen molar-refractivity contribution in [1.29, 1.82) is 0 Å². The first-order chi connectivity index (χ1) is 10.2. The van der Waals surface area contributed by atoms with Crippen molar-refractivity contribution in [3.8, 4) is 0 Å². The molecule has 2 aromatic heterocycles. The quantitative estimate of drug-likeness (QED) is 0.797. The molecule has 0 N–H and O–H groups in total. The Morgan fingerprint density at radius 2 is 2.10 bits per heavy atom. The number of thiophene rings is 1. The molecule has 0 aromatic carbocycles. The second kappa shape index (κ2) is 5.65. The molecule has 1 amide bonds. The topological polar surface area (TPSA) is 59.5 Å². The molecule has 0 aliphatic carbocycles. The van der Waals surface area contributed by atoms with E-state index in [1.165, 1.54) is 23.6 Å². The Morgan fingerprint density at radius 3 is 2.90 bits per heavy atom. The molecule has 0 bridgehead atoms. The van der Waals surface area contributed by atoms with Crippen molar-refractivity contribution in [1.82, 2.24) is 9.88 Å². The number of hydrogen-bond acceptors (Lipinski definition) is 5. The van der Waals surface area contributed by atoms with Crippen LogP contribution < -0.4 is 0 Å². The normalized spacial score (nSPS) is 13.7. The van der Waals surface area contributed by atoms with Crippen molar-refractivity contribution in [3.63, 3.8) is 0 Å². The minimum Gasteiger partial charge on any atom is -0.464 e. The zero-order valence-electron chi connectivity index (χ0n) is 11.5. The van der Waals surface area contributed by atoms with Crippen molar-refractivity contribution in [3.05, 3.63) is 51.5 Å². The van der Waals surface area contributed by atoms with Gasteiger partial charge in [-0.2, -0.15) is 0 Å². The van der Waals surface area contributed by atoms with Crippen molar-refractivity contribution < 1.29 is 14.3 Å². The fourth-order valence-electron chi connectivity index (χ4n) is 2.36. The first kappa shape index (κ1) is 13.8. The monoisotopic (exact) mass is 302 g/mol. The maximum absolute atomic E-state index is 12.5. The van der Waals surface area contributed by atoms with Crippen LogP contribution in [0.5, 0.6) is 0 Å². The Balaban J connectivity index is 1.81. The summed E-state index contributed by atoms with van der Waals surface area (Å²) in [5.41, 5.74) is 1.62. The van der Waals surface area contributed by atoms with E-state index in [1.807, 2.05) is 0 Å². The molecule has 0 atom stereocenters. The number of amides is 1. The Hall–Kier alpha value is -2.21. The number of esters is 1. The van der Waals surface area contributed by atoms with Gasteiger partial charge in [0.25, 0.3) is 5.91 Å². The minimum absolute atomic E-state index is 0.150. The molecule has 2 aromatic rings. The number of aromatic nitrogens is 1. The number of hydrogen-bond donors (Lipinski definition) is 0. The molecular formula is C15H14N2O3S. The lowest BCUT2D eigenvalue weighted by atomic mass is 10.1. The molecule has 6 heteroatoms. The molecule has 5 nitrogen and oxygen atoms in total. The van der Waals surface area contributed by atoms with Crippen LogP contribution in [-0.2, 0) is 17.7 Å². The lowest BCUT2D eigenvalue weighted by Crippen LogP contribution is -2.36. The van der Waals surface area contributed by atoms with E-state index in [1.54, 1.807) is 28.4 Å². The summed E-state index contributed by atoms with van der Waals surface area (Å²) < 4.78 is 4.63. The summed E-state index contributed by atoms with van der Waals surface area (Å²) in [7, 11) is 1.29. The standard InChI is InChI=1S/C15H14N2O3S/c1-20-15(19)12-4-2-3-11(16-12)14(18)17-7-5-13-10(9-17)6-8-21-13/h2-4,6,8H,5,7,9H2,1H3. The molecule has 1 aliphatic heterocycles. The highest BCUT2D eigenvalue weighted by molar-refractivity contribution is 7.10. The number of methoxy groups -OCH3 is 1. The van der Waals surface area contributed by atoms with Gasteiger partial charge in [-0.3, -0.25) is 4.79 Å². The molecule has 0 unspecified atom stereocenters. The fraction of sp³-hybridized carbons (Fsp3) is 0.267. The van der Waals surface area contributed by atoms with Crippen LogP contribution in [0.1, 0.15) is 31.4 Å². The maximum Gasteiger partial charge on any atom is 0.356 e. The van der Waals surface area contributed by atoms with Crippen LogP contribution in [0.3, 0.4) is 0 Å². The van der Waals surface area contributed by atoms with Gasteiger partial charge in [0.2, 0.25) is 0 Å². The summed E-state index contributed by atoms with van der Waals surface area (Å²) in [5.74, 6) is -0.694. The predicted octanol–water partition coefficient (Wildman–Crippen LogP) is 2.13. The van der Waals surface area contributed by atoms with Gasteiger partial charge in [-0.15, -0.1) is 11.3 Å². The molecule has 0 spiro atoms. The number of carbonyl (C=O) groups excluding carboxylic acids is 2. The Morgan fingerprint density at radius 1 is 1.29 bits per heavy atom. The first-order valence-corrected chi connectivity index (χ1v) is 7.47. The summed E-state index contributed by atoms with van der Waals surface area (Å²) in [6, 6.07) is 6.86. The van der Waals surface area contributed by atoms with Gasteiger partial charge in [-0.1, -0.05) is 6.07 Å². The van der Waals surface area contributed by atoms with Gasteiger partial charge >= 0.3 is 5.97 Å². The minimum atomic E-state index is -0.539. The molecular weight excluding hydrogens is 288 g/mol. The fourth-order valence-corrected chi connectivity index (χ4v) is 3.25. The molecule has 21 heavy (non-hydrogen) atoms. The third-order valence-corrected chi connectivity index (χ3v) is 4.48. The molecule has 0 radical (unpaired) electrons. The molecule has 3 heterocycles. The van der Waals surface area contributed by atoms with Crippen LogP contribution in [0.2, 0.25) is 0 Å². The Labute approximate surface area is 126 Å². The van der Waals surface area contributed by atoms with Crippen LogP contribution in [0.25, 0.3) is 0 Å². The lowest BCUT2D eigenvalue weighted by Gasteiger charge is -2.26.